The Bertz CT molecular complexity index is 722. The summed E-state index contributed by atoms with van der Waals surface area (Å²) in [5.74, 6) is -0.765. The molecule has 0 unspecified atom stereocenters. The minimum Gasteiger partial charge on any atom is -0.463 e. The van der Waals surface area contributed by atoms with E-state index in [2.05, 4.69) is 20.1 Å². The van der Waals surface area contributed by atoms with E-state index in [1.807, 2.05) is 0 Å². The number of hydrogen-bond donors (Lipinski definition) is 2. The summed E-state index contributed by atoms with van der Waals surface area (Å²) in [6, 6.07) is 3.41. The van der Waals surface area contributed by atoms with Gasteiger partial charge in [-0.25, -0.2) is 14.5 Å². The fourth-order valence-corrected chi connectivity index (χ4v) is 2.04. The predicted molar refractivity (Wildman–Crippen MR) is 69.4 cm³/mol. The highest BCUT2D eigenvalue weighted by Crippen LogP contribution is 2.30. The van der Waals surface area contributed by atoms with Crippen LogP contribution in [0.5, 0.6) is 0 Å². The molecule has 0 spiro atoms. The summed E-state index contributed by atoms with van der Waals surface area (Å²) in [5.41, 5.74) is 8.45. The first-order valence-corrected chi connectivity index (χ1v) is 5.81. The summed E-state index contributed by atoms with van der Waals surface area (Å²) in [4.78, 5) is 26.5. The van der Waals surface area contributed by atoms with E-state index in [0.29, 0.717) is 23.5 Å². The van der Waals surface area contributed by atoms with Gasteiger partial charge in [0.05, 0.1) is 24.9 Å². The third-order valence-corrected chi connectivity index (χ3v) is 2.98. The zero-order valence-corrected chi connectivity index (χ0v) is 10.6. The summed E-state index contributed by atoms with van der Waals surface area (Å²) >= 11 is 0. The average molecular weight is 273 g/mol. The van der Waals surface area contributed by atoms with Crippen molar-refractivity contribution in [3.05, 3.63) is 29.8 Å². The predicted octanol–water partition coefficient (Wildman–Crippen LogP) is 0.131. The largest absolute Gasteiger partial charge is 0.463 e. The molecule has 8 heteroatoms. The van der Waals surface area contributed by atoms with Crippen molar-refractivity contribution in [3.63, 3.8) is 0 Å². The Labute approximate surface area is 113 Å². The van der Waals surface area contributed by atoms with Gasteiger partial charge in [-0.1, -0.05) is 0 Å². The number of hydrogen-bond acceptors (Lipinski definition) is 6. The first kappa shape index (κ1) is 12.2. The second kappa shape index (κ2) is 4.34. The lowest BCUT2D eigenvalue weighted by atomic mass is 10.1. The number of rotatable bonds is 2. The Morgan fingerprint density at radius 2 is 2.30 bits per heavy atom. The maximum absolute atomic E-state index is 11.3. The van der Waals surface area contributed by atoms with Crippen molar-refractivity contribution in [2.75, 3.05) is 18.2 Å². The van der Waals surface area contributed by atoms with Crippen molar-refractivity contribution in [1.29, 1.82) is 0 Å². The number of carbonyl (C=O) groups excluding carboxylic acids is 2. The van der Waals surface area contributed by atoms with Crippen LogP contribution >= 0.6 is 0 Å². The Kier molecular flexibility index (Phi) is 2.63. The number of ether oxygens (including phenoxy) is 1. The molecule has 1 aliphatic heterocycles. The zero-order valence-electron chi connectivity index (χ0n) is 10.6. The molecule has 2 heterocycles. The van der Waals surface area contributed by atoms with Crippen molar-refractivity contribution in [2.45, 2.75) is 6.42 Å². The van der Waals surface area contributed by atoms with Crippen molar-refractivity contribution < 1.29 is 14.3 Å². The van der Waals surface area contributed by atoms with Crippen LogP contribution in [0.25, 0.3) is 5.69 Å². The molecule has 102 valence electrons. The van der Waals surface area contributed by atoms with Gasteiger partial charge in [-0.15, -0.1) is 5.10 Å². The first-order valence-electron chi connectivity index (χ1n) is 5.81. The van der Waals surface area contributed by atoms with E-state index in [4.69, 9.17) is 5.73 Å². The molecule has 2 aromatic rings. The second-order valence-electron chi connectivity index (χ2n) is 4.30. The molecule has 0 atom stereocenters. The third kappa shape index (κ3) is 1.87. The van der Waals surface area contributed by atoms with Gasteiger partial charge in [0.2, 0.25) is 5.91 Å². The average Bonchev–Trinajstić information content (AvgIpc) is 3.02. The SMILES string of the molecule is COC(=O)c1ncn(-c2cc3c(cc2N)CC(=O)N3)n1. The molecule has 0 aliphatic carbocycles. The van der Waals surface area contributed by atoms with Crippen LogP contribution < -0.4 is 11.1 Å². The molecular formula is C12H11N5O3. The maximum atomic E-state index is 11.3. The minimum atomic E-state index is -0.628. The van der Waals surface area contributed by atoms with E-state index in [1.165, 1.54) is 18.1 Å². The summed E-state index contributed by atoms with van der Waals surface area (Å²) < 4.78 is 5.91. The van der Waals surface area contributed by atoms with Gasteiger partial charge in [0.25, 0.3) is 5.82 Å². The van der Waals surface area contributed by atoms with Gasteiger partial charge in [0, 0.05) is 5.69 Å². The number of nitrogens with one attached hydrogen (secondary N) is 1. The number of carbonyl (C=O) groups is 2. The van der Waals surface area contributed by atoms with Crippen molar-refractivity contribution in [2.24, 2.45) is 0 Å². The Morgan fingerprint density at radius 1 is 1.50 bits per heavy atom. The molecule has 0 saturated carbocycles. The molecule has 3 N–H and O–H groups in total. The molecule has 8 nitrogen and oxygen atoms in total. The number of methoxy groups -OCH3 is 1. The number of fused-ring (bicyclic) bond motifs is 1. The Balaban J connectivity index is 2.03. The third-order valence-electron chi connectivity index (χ3n) is 2.98. The zero-order chi connectivity index (χ0) is 14.3. The molecule has 0 saturated heterocycles. The lowest BCUT2D eigenvalue weighted by Crippen LogP contribution is -2.06. The number of nitrogens with two attached hydrogens (primary N) is 1. The highest BCUT2D eigenvalue weighted by Gasteiger charge is 2.21. The summed E-state index contributed by atoms with van der Waals surface area (Å²) in [6.45, 7) is 0. The fourth-order valence-electron chi connectivity index (χ4n) is 2.04. The van der Waals surface area contributed by atoms with Crippen molar-refractivity contribution >= 4 is 23.3 Å². The first-order chi connectivity index (χ1) is 9.58. The number of aromatic nitrogens is 3. The normalized spacial score (nSPS) is 12.9. The molecule has 1 aromatic heterocycles. The minimum absolute atomic E-state index is 0.0589. The molecule has 1 aliphatic rings. The van der Waals surface area contributed by atoms with E-state index in [0.717, 1.165) is 5.56 Å². The molecule has 0 fully saturated rings. The van der Waals surface area contributed by atoms with E-state index >= 15 is 0 Å². The molecule has 1 amide bonds. The quantitative estimate of drug-likeness (QED) is 0.594. The van der Waals surface area contributed by atoms with Gasteiger partial charge >= 0.3 is 5.97 Å². The highest BCUT2D eigenvalue weighted by atomic mass is 16.5. The van der Waals surface area contributed by atoms with Crippen LogP contribution in [0.2, 0.25) is 0 Å². The lowest BCUT2D eigenvalue weighted by molar-refractivity contribution is -0.115. The number of benzene rings is 1. The number of esters is 1. The van der Waals surface area contributed by atoms with Gasteiger partial charge < -0.3 is 15.8 Å². The number of anilines is 2. The van der Waals surface area contributed by atoms with Gasteiger partial charge in [-0.3, -0.25) is 4.79 Å². The molecule has 0 bridgehead atoms. The van der Waals surface area contributed by atoms with Crippen LogP contribution in [-0.4, -0.2) is 33.8 Å². The Hall–Kier alpha value is -2.90. The molecule has 3 rings (SSSR count). The van der Waals surface area contributed by atoms with Gasteiger partial charge in [-0.05, 0) is 17.7 Å². The van der Waals surface area contributed by atoms with Gasteiger partial charge in [0.1, 0.15) is 6.33 Å². The molecule has 1 aromatic carbocycles. The van der Waals surface area contributed by atoms with E-state index in [9.17, 15) is 9.59 Å². The van der Waals surface area contributed by atoms with Crippen LogP contribution in [0.15, 0.2) is 18.5 Å². The molecule has 0 radical (unpaired) electrons. The van der Waals surface area contributed by atoms with E-state index < -0.39 is 5.97 Å². The summed E-state index contributed by atoms with van der Waals surface area (Å²) in [7, 11) is 1.25. The molecule has 20 heavy (non-hydrogen) atoms. The maximum Gasteiger partial charge on any atom is 0.377 e. The fraction of sp³-hybridized carbons (Fsp3) is 0.167. The van der Waals surface area contributed by atoms with Crippen molar-refractivity contribution in [3.8, 4) is 5.69 Å². The topological polar surface area (TPSA) is 112 Å². The standard InChI is InChI=1S/C12H11N5O3/c1-20-12(19)11-14-5-17(16-11)9-4-8-6(2-7(9)13)3-10(18)15-8/h2,4-5H,3,13H2,1H3,(H,15,18). The van der Waals surface area contributed by atoms with Crippen LogP contribution in [0, 0.1) is 0 Å². The van der Waals surface area contributed by atoms with Crippen molar-refractivity contribution in [1.82, 2.24) is 14.8 Å². The number of nitrogens with zero attached hydrogens (tertiary/aromatic N) is 3. The summed E-state index contributed by atoms with van der Waals surface area (Å²) in [5, 5.41) is 6.72. The monoisotopic (exact) mass is 273 g/mol. The number of amides is 1. The number of nitrogen functional groups attached to an aromatic ring is 1. The van der Waals surface area contributed by atoms with Gasteiger partial charge in [0.15, 0.2) is 0 Å². The highest BCUT2D eigenvalue weighted by molar-refractivity contribution is 6.00. The van der Waals surface area contributed by atoms with Crippen LogP contribution in [0.1, 0.15) is 16.2 Å². The van der Waals surface area contributed by atoms with Crippen LogP contribution in [0.4, 0.5) is 11.4 Å². The van der Waals surface area contributed by atoms with Gasteiger partial charge in [-0.2, -0.15) is 0 Å². The second-order valence-corrected chi connectivity index (χ2v) is 4.30. The van der Waals surface area contributed by atoms with Crippen LogP contribution in [-0.2, 0) is 16.0 Å². The van der Waals surface area contributed by atoms with E-state index in [1.54, 1.807) is 12.1 Å². The summed E-state index contributed by atoms with van der Waals surface area (Å²) in [6.07, 6.45) is 1.67. The molecular weight excluding hydrogens is 262 g/mol. The lowest BCUT2D eigenvalue weighted by Gasteiger charge is -2.07. The van der Waals surface area contributed by atoms with E-state index in [-0.39, 0.29) is 11.7 Å². The Morgan fingerprint density at radius 3 is 3.05 bits per heavy atom. The van der Waals surface area contributed by atoms with Crippen LogP contribution in [0.3, 0.4) is 0 Å². The smallest absolute Gasteiger partial charge is 0.377 e.